The van der Waals surface area contributed by atoms with Crippen LogP contribution in [-0.4, -0.2) is 39.6 Å². The van der Waals surface area contributed by atoms with Gasteiger partial charge in [-0.3, -0.25) is 9.97 Å². The third-order valence-electron chi connectivity index (χ3n) is 6.75. The van der Waals surface area contributed by atoms with Gasteiger partial charge in [-0.15, -0.1) is 0 Å². The van der Waals surface area contributed by atoms with Gasteiger partial charge < -0.3 is 9.64 Å². The van der Waals surface area contributed by atoms with E-state index in [1.165, 1.54) is 11.8 Å². The Kier molecular flexibility index (Phi) is 5.04. The van der Waals surface area contributed by atoms with E-state index in [0.29, 0.717) is 35.4 Å². The largest absolute Gasteiger partial charge is 0.492 e. The molecule has 1 aliphatic heterocycles. The van der Waals surface area contributed by atoms with E-state index in [9.17, 15) is 4.39 Å². The number of aromatic nitrogens is 4. The Hall–Kier alpha value is -3.09. The first-order valence-corrected chi connectivity index (χ1v) is 10.8. The van der Waals surface area contributed by atoms with Crippen LogP contribution in [0.4, 0.5) is 10.3 Å². The minimum Gasteiger partial charge on any atom is -0.492 e. The maximum Gasteiger partial charge on any atom is 0.225 e. The lowest BCUT2D eigenvalue weighted by Crippen LogP contribution is -2.29. The maximum atomic E-state index is 13.9. The molecule has 2 fully saturated rings. The van der Waals surface area contributed by atoms with Crippen molar-refractivity contribution in [2.24, 2.45) is 17.3 Å². The summed E-state index contributed by atoms with van der Waals surface area (Å²) in [4.78, 5) is 19.6. The highest BCUT2D eigenvalue weighted by atomic mass is 19.1. The molecule has 0 N–H and O–H groups in total. The van der Waals surface area contributed by atoms with Crippen LogP contribution in [0.5, 0.6) is 5.75 Å². The summed E-state index contributed by atoms with van der Waals surface area (Å²) in [5.74, 6) is 2.26. The molecule has 1 saturated heterocycles. The van der Waals surface area contributed by atoms with Crippen molar-refractivity contribution in [2.75, 3.05) is 24.6 Å². The van der Waals surface area contributed by atoms with Crippen molar-refractivity contribution >= 4 is 5.95 Å². The number of anilines is 1. The lowest BCUT2D eigenvalue weighted by molar-refractivity contribution is 0.269. The second-order valence-electron chi connectivity index (χ2n) is 8.79. The fraction of sp³-hybridized carbons (Fsp3) is 0.417. The molecule has 0 spiro atoms. The van der Waals surface area contributed by atoms with Crippen molar-refractivity contribution in [3.63, 3.8) is 0 Å². The molecule has 160 valence electrons. The summed E-state index contributed by atoms with van der Waals surface area (Å²) in [5.41, 5.74) is 2.44. The molecule has 0 radical (unpaired) electrons. The highest BCUT2D eigenvalue weighted by Crippen LogP contribution is 2.63. The van der Waals surface area contributed by atoms with Gasteiger partial charge in [0.2, 0.25) is 5.95 Å². The number of halogens is 1. The minimum absolute atomic E-state index is 0.235. The molecule has 5 rings (SSSR count). The van der Waals surface area contributed by atoms with E-state index in [-0.39, 0.29) is 11.2 Å². The molecular weight excluding hydrogens is 393 g/mol. The molecule has 31 heavy (non-hydrogen) atoms. The zero-order valence-electron chi connectivity index (χ0n) is 17.8. The number of ether oxygens (including phenoxy) is 1. The molecule has 4 heterocycles. The molecule has 3 aromatic rings. The molecule has 3 aromatic heterocycles. The van der Waals surface area contributed by atoms with Gasteiger partial charge in [-0.2, -0.15) is 0 Å². The van der Waals surface area contributed by atoms with Crippen LogP contribution in [0.2, 0.25) is 0 Å². The monoisotopic (exact) mass is 419 g/mol. The number of piperidine rings is 1. The summed E-state index contributed by atoms with van der Waals surface area (Å²) in [6.07, 6.45) is 10.4. The second-order valence-corrected chi connectivity index (χ2v) is 8.79. The van der Waals surface area contributed by atoms with Crippen LogP contribution in [-0.2, 0) is 6.42 Å². The molecule has 0 amide bonds. The van der Waals surface area contributed by atoms with Crippen LogP contribution in [0, 0.1) is 23.1 Å². The summed E-state index contributed by atoms with van der Waals surface area (Å²) in [7, 11) is 0. The predicted octanol–water partition coefficient (Wildman–Crippen LogP) is 4.18. The Morgan fingerprint density at radius 1 is 1.13 bits per heavy atom. The molecule has 1 saturated carbocycles. The predicted molar refractivity (Wildman–Crippen MR) is 116 cm³/mol. The van der Waals surface area contributed by atoms with E-state index in [1.54, 1.807) is 24.5 Å². The Morgan fingerprint density at radius 3 is 2.61 bits per heavy atom. The van der Waals surface area contributed by atoms with Crippen molar-refractivity contribution < 1.29 is 9.13 Å². The fourth-order valence-corrected chi connectivity index (χ4v) is 4.83. The summed E-state index contributed by atoms with van der Waals surface area (Å²) in [6, 6.07) is 5.25. The quantitative estimate of drug-likeness (QED) is 0.573. The normalized spacial score (nSPS) is 24.2. The topological polar surface area (TPSA) is 64.0 Å². The molecule has 1 aliphatic carbocycles. The average Bonchev–Trinajstić information content (AvgIpc) is 3.15. The van der Waals surface area contributed by atoms with E-state index >= 15 is 0 Å². The number of hydrogen-bond acceptors (Lipinski definition) is 6. The molecule has 7 heteroatoms. The van der Waals surface area contributed by atoms with Crippen LogP contribution in [0.3, 0.4) is 0 Å². The maximum absolute atomic E-state index is 13.9. The minimum atomic E-state index is -0.379. The van der Waals surface area contributed by atoms with Crippen molar-refractivity contribution in [3.05, 3.63) is 60.6 Å². The molecule has 1 unspecified atom stereocenters. The summed E-state index contributed by atoms with van der Waals surface area (Å²) >= 11 is 0. The van der Waals surface area contributed by atoms with Gasteiger partial charge in [-0.05, 0) is 41.5 Å². The van der Waals surface area contributed by atoms with Gasteiger partial charge in [0.25, 0.3) is 0 Å². The Labute approximate surface area is 181 Å². The number of aryl methyl sites for hydroxylation is 1. The van der Waals surface area contributed by atoms with Crippen LogP contribution in [0.25, 0.3) is 11.3 Å². The summed E-state index contributed by atoms with van der Waals surface area (Å²) in [5, 5.41) is 0. The smallest absolute Gasteiger partial charge is 0.225 e. The van der Waals surface area contributed by atoms with Crippen molar-refractivity contribution in [2.45, 2.75) is 26.7 Å². The van der Waals surface area contributed by atoms with Gasteiger partial charge >= 0.3 is 0 Å². The van der Waals surface area contributed by atoms with Crippen molar-refractivity contribution in [1.82, 2.24) is 19.9 Å². The molecule has 3 atom stereocenters. The zero-order valence-corrected chi connectivity index (χ0v) is 17.8. The van der Waals surface area contributed by atoms with E-state index in [1.807, 2.05) is 18.5 Å². The molecule has 6 nitrogen and oxygen atoms in total. The van der Waals surface area contributed by atoms with Gasteiger partial charge in [-0.25, -0.2) is 14.4 Å². The van der Waals surface area contributed by atoms with E-state index in [4.69, 9.17) is 4.74 Å². The van der Waals surface area contributed by atoms with Crippen molar-refractivity contribution in [3.8, 4) is 17.0 Å². The number of hydrogen-bond donors (Lipinski definition) is 0. The Balaban J connectivity index is 1.16. The van der Waals surface area contributed by atoms with E-state index in [0.717, 1.165) is 31.9 Å². The first-order chi connectivity index (χ1) is 15.1. The van der Waals surface area contributed by atoms with Gasteiger partial charge in [0.05, 0.1) is 24.7 Å². The number of fused-ring (bicyclic) bond motifs is 1. The first kappa shape index (κ1) is 19.8. The zero-order chi connectivity index (χ0) is 21.4. The lowest BCUT2D eigenvalue weighted by Gasteiger charge is -2.22. The van der Waals surface area contributed by atoms with Crippen LogP contribution in [0.1, 0.15) is 25.8 Å². The third-order valence-corrected chi connectivity index (χ3v) is 6.75. The second kappa shape index (κ2) is 7.87. The number of pyridine rings is 2. The highest BCUT2D eigenvalue weighted by Gasteiger charge is 2.66. The van der Waals surface area contributed by atoms with Crippen LogP contribution in [0.15, 0.2) is 49.2 Å². The molecule has 2 aliphatic rings. The number of nitrogens with zero attached hydrogens (tertiary/aromatic N) is 5. The Bertz CT molecular complexity index is 1060. The average molecular weight is 420 g/mol. The third kappa shape index (κ3) is 3.73. The summed E-state index contributed by atoms with van der Waals surface area (Å²) in [6.45, 7) is 7.07. The standard InChI is InChI=1S/C24H26FN5O/c1-3-4-16-9-28-23(29-10-16)30-13-19-20(24(19,2)15-30)14-31-17-5-6-22(27-11-17)18-7-8-26-12-21(18)25/h5-12,19-20H,3-4,13-15H2,1-2H3/t19?,20-,24-/m1/s1. The fourth-order valence-electron chi connectivity index (χ4n) is 4.83. The van der Waals surface area contributed by atoms with Gasteiger partial charge in [0.15, 0.2) is 5.82 Å². The van der Waals surface area contributed by atoms with Gasteiger partial charge in [0, 0.05) is 43.2 Å². The van der Waals surface area contributed by atoms with Gasteiger partial charge in [-0.1, -0.05) is 20.3 Å². The van der Waals surface area contributed by atoms with Crippen LogP contribution >= 0.6 is 0 Å². The lowest BCUT2D eigenvalue weighted by atomic mass is 10.1. The molecular formula is C24H26FN5O. The number of rotatable bonds is 7. The van der Waals surface area contributed by atoms with E-state index in [2.05, 4.69) is 38.7 Å². The Morgan fingerprint density at radius 2 is 1.97 bits per heavy atom. The SMILES string of the molecule is CCCc1cnc(N2CC3[C@@H](COc4ccc(-c5ccncc5F)nc4)[C@]3(C)C2)nc1. The summed E-state index contributed by atoms with van der Waals surface area (Å²) < 4.78 is 19.9. The highest BCUT2D eigenvalue weighted by molar-refractivity contribution is 5.59. The first-order valence-electron chi connectivity index (χ1n) is 10.8. The van der Waals surface area contributed by atoms with Crippen LogP contribution < -0.4 is 9.64 Å². The van der Waals surface area contributed by atoms with Crippen molar-refractivity contribution in [1.29, 1.82) is 0 Å². The molecule has 0 aromatic carbocycles. The molecule has 0 bridgehead atoms. The van der Waals surface area contributed by atoms with Gasteiger partial charge in [0.1, 0.15) is 5.75 Å². The van der Waals surface area contributed by atoms with E-state index < -0.39 is 0 Å².